The van der Waals surface area contributed by atoms with E-state index in [9.17, 15) is 0 Å². The minimum absolute atomic E-state index is 0.0186. The number of anilines is 1. The zero-order chi connectivity index (χ0) is 19.7. The predicted octanol–water partition coefficient (Wildman–Crippen LogP) is 4.53. The van der Waals surface area contributed by atoms with Crippen molar-refractivity contribution in [3.8, 4) is 11.3 Å². The summed E-state index contributed by atoms with van der Waals surface area (Å²) in [5, 5.41) is 9.44. The molecule has 0 radical (unpaired) electrons. The van der Waals surface area contributed by atoms with Gasteiger partial charge < -0.3 is 10.1 Å². The molecule has 0 fully saturated rings. The average Bonchev–Trinajstić information content (AvgIpc) is 3.29. The van der Waals surface area contributed by atoms with Gasteiger partial charge >= 0.3 is 0 Å². The number of aromatic nitrogens is 5. The molecule has 0 aliphatic heterocycles. The third-order valence-electron chi connectivity index (χ3n) is 4.26. The van der Waals surface area contributed by atoms with E-state index < -0.39 is 0 Å². The molecule has 4 rings (SSSR count). The van der Waals surface area contributed by atoms with Crippen LogP contribution in [-0.2, 0) is 11.3 Å². The van der Waals surface area contributed by atoms with Crippen LogP contribution in [0.1, 0.15) is 28.5 Å². The lowest BCUT2D eigenvalue weighted by Gasteiger charge is -2.14. The lowest BCUT2D eigenvalue weighted by Crippen LogP contribution is -2.12. The summed E-state index contributed by atoms with van der Waals surface area (Å²) >= 11 is 7.67. The normalized spacial score (nSPS) is 12.4. The average molecular weight is 415 g/mol. The molecule has 0 aliphatic carbocycles. The third-order valence-corrected chi connectivity index (χ3v) is 5.67. The number of hydrogen-bond acceptors (Lipinski definition) is 7. The van der Waals surface area contributed by atoms with Gasteiger partial charge in [0, 0.05) is 28.6 Å². The minimum atomic E-state index is -0.0186. The van der Waals surface area contributed by atoms with Crippen LogP contribution < -0.4 is 5.32 Å². The number of fused-ring (bicyclic) bond motifs is 1. The van der Waals surface area contributed by atoms with Gasteiger partial charge in [-0.25, -0.2) is 9.97 Å². The van der Waals surface area contributed by atoms with E-state index in [0.717, 1.165) is 32.7 Å². The summed E-state index contributed by atoms with van der Waals surface area (Å²) in [5.74, 6) is 1.32. The Balaban J connectivity index is 1.63. The molecule has 0 spiro atoms. The van der Waals surface area contributed by atoms with Crippen LogP contribution in [0, 0.1) is 6.92 Å². The van der Waals surface area contributed by atoms with Crippen molar-refractivity contribution in [2.75, 3.05) is 12.4 Å². The molecule has 1 atom stereocenters. The van der Waals surface area contributed by atoms with E-state index in [1.54, 1.807) is 23.0 Å². The van der Waals surface area contributed by atoms with Gasteiger partial charge in [-0.3, -0.25) is 0 Å². The Bertz CT molecular complexity index is 1110. The first-order valence-corrected chi connectivity index (χ1v) is 9.93. The minimum Gasteiger partial charge on any atom is -0.378 e. The van der Waals surface area contributed by atoms with Crippen LogP contribution in [0.15, 0.2) is 36.7 Å². The van der Waals surface area contributed by atoms with Crippen LogP contribution in [0.3, 0.4) is 0 Å². The number of hydrogen-bond donors (Lipinski definition) is 1. The van der Waals surface area contributed by atoms with E-state index in [0.29, 0.717) is 17.4 Å². The molecular formula is C19H19ClN6OS. The monoisotopic (exact) mass is 414 g/mol. The quantitative estimate of drug-likeness (QED) is 0.499. The zero-order valence-corrected chi connectivity index (χ0v) is 17.3. The van der Waals surface area contributed by atoms with Crippen LogP contribution in [-0.4, -0.2) is 31.7 Å². The summed E-state index contributed by atoms with van der Waals surface area (Å²) in [7, 11) is 1.64. The smallest absolute Gasteiger partial charge is 0.254 e. The molecule has 1 aromatic carbocycles. The van der Waals surface area contributed by atoms with Crippen LogP contribution >= 0.6 is 22.9 Å². The summed E-state index contributed by atoms with van der Waals surface area (Å²) in [5.41, 5.74) is 2.82. The molecule has 4 aromatic rings. The maximum atomic E-state index is 6.00. The van der Waals surface area contributed by atoms with Gasteiger partial charge in [0.15, 0.2) is 0 Å². The molecule has 1 unspecified atom stereocenters. The number of benzene rings is 1. The lowest BCUT2D eigenvalue weighted by atomic mass is 10.1. The number of methoxy groups -OCH3 is 1. The first-order chi connectivity index (χ1) is 13.5. The second kappa shape index (κ2) is 7.83. The van der Waals surface area contributed by atoms with E-state index in [4.69, 9.17) is 21.3 Å². The maximum Gasteiger partial charge on any atom is 0.254 e. The molecule has 1 N–H and O–H groups in total. The summed E-state index contributed by atoms with van der Waals surface area (Å²) in [6.07, 6.45) is 1.49. The number of nitrogens with zero attached hydrogens (tertiary/aromatic N) is 5. The van der Waals surface area contributed by atoms with E-state index in [2.05, 4.69) is 34.2 Å². The van der Waals surface area contributed by atoms with Gasteiger partial charge in [-0.1, -0.05) is 23.7 Å². The highest BCUT2D eigenvalue weighted by molar-refractivity contribution is 7.12. The van der Waals surface area contributed by atoms with Crippen LogP contribution in [0.4, 0.5) is 5.82 Å². The van der Waals surface area contributed by atoms with Gasteiger partial charge in [-0.2, -0.15) is 14.6 Å². The molecule has 28 heavy (non-hydrogen) atoms. The third kappa shape index (κ3) is 3.71. The predicted molar refractivity (Wildman–Crippen MR) is 111 cm³/mol. The van der Waals surface area contributed by atoms with Gasteiger partial charge in [0.05, 0.1) is 24.0 Å². The van der Waals surface area contributed by atoms with E-state index >= 15 is 0 Å². The summed E-state index contributed by atoms with van der Waals surface area (Å²) in [4.78, 5) is 14.6. The van der Waals surface area contributed by atoms with Crippen molar-refractivity contribution >= 4 is 34.5 Å². The summed E-state index contributed by atoms with van der Waals surface area (Å²) < 4.78 is 6.88. The number of ether oxygens (including phenoxy) is 1. The van der Waals surface area contributed by atoms with Gasteiger partial charge in [0.1, 0.15) is 17.2 Å². The van der Waals surface area contributed by atoms with E-state index in [1.807, 2.05) is 30.3 Å². The van der Waals surface area contributed by atoms with Crippen LogP contribution in [0.2, 0.25) is 5.02 Å². The Kier molecular flexibility index (Phi) is 5.25. The Morgan fingerprint density at radius 3 is 2.79 bits per heavy atom. The van der Waals surface area contributed by atoms with Gasteiger partial charge in [-0.15, -0.1) is 11.3 Å². The standard InChI is InChI=1S/C19H19ClN6OS/c1-11(18-25-17(12(2)28-18)13-4-6-14(20)7-5-13)23-16-8-15(9-27-3)24-19-21-10-22-26(16)19/h4-8,10-11,23H,9H2,1-3H3. The second-order valence-electron chi connectivity index (χ2n) is 6.37. The van der Waals surface area contributed by atoms with Crippen molar-refractivity contribution < 1.29 is 4.74 Å². The fourth-order valence-corrected chi connectivity index (χ4v) is 4.02. The Labute approximate surface area is 171 Å². The molecule has 144 valence electrons. The zero-order valence-electron chi connectivity index (χ0n) is 15.7. The largest absolute Gasteiger partial charge is 0.378 e. The highest BCUT2D eigenvalue weighted by atomic mass is 35.5. The fraction of sp³-hybridized carbons (Fsp3) is 0.263. The molecular weight excluding hydrogens is 396 g/mol. The molecule has 0 saturated carbocycles. The highest BCUT2D eigenvalue weighted by Crippen LogP contribution is 2.32. The van der Waals surface area contributed by atoms with Gasteiger partial charge in [0.2, 0.25) is 0 Å². The number of nitrogens with one attached hydrogen (secondary N) is 1. The summed E-state index contributed by atoms with van der Waals surface area (Å²) in [6, 6.07) is 9.65. The van der Waals surface area contributed by atoms with Crippen molar-refractivity contribution in [1.29, 1.82) is 0 Å². The topological polar surface area (TPSA) is 77.2 Å². The van der Waals surface area contributed by atoms with E-state index in [-0.39, 0.29) is 6.04 Å². The first-order valence-electron chi connectivity index (χ1n) is 8.73. The molecule has 9 heteroatoms. The van der Waals surface area contributed by atoms with Crippen LogP contribution in [0.5, 0.6) is 0 Å². The molecule has 7 nitrogen and oxygen atoms in total. The Hall–Kier alpha value is -2.55. The van der Waals surface area contributed by atoms with Crippen LogP contribution in [0.25, 0.3) is 17.0 Å². The fourth-order valence-electron chi connectivity index (χ4n) is 2.95. The van der Waals surface area contributed by atoms with Gasteiger partial charge in [0.25, 0.3) is 5.78 Å². The van der Waals surface area contributed by atoms with Crippen molar-refractivity contribution in [1.82, 2.24) is 24.6 Å². The van der Waals surface area contributed by atoms with Crippen molar-refractivity contribution in [2.45, 2.75) is 26.5 Å². The number of halogens is 1. The SMILES string of the molecule is COCc1cc(NC(C)c2nc(-c3ccc(Cl)cc3)c(C)s2)n2ncnc2n1. The van der Waals surface area contributed by atoms with Gasteiger partial charge in [-0.05, 0) is 26.0 Å². The first kappa shape index (κ1) is 18.8. The summed E-state index contributed by atoms with van der Waals surface area (Å²) in [6.45, 7) is 4.56. The lowest BCUT2D eigenvalue weighted by molar-refractivity contribution is 0.181. The molecule has 3 heterocycles. The number of aryl methyl sites for hydroxylation is 1. The number of rotatable bonds is 6. The number of thiazole rings is 1. The molecule has 0 bridgehead atoms. The Morgan fingerprint density at radius 1 is 1.25 bits per heavy atom. The van der Waals surface area contributed by atoms with Crippen molar-refractivity contribution in [2.24, 2.45) is 0 Å². The van der Waals surface area contributed by atoms with Crippen molar-refractivity contribution in [3.63, 3.8) is 0 Å². The molecule has 0 saturated heterocycles. The highest BCUT2D eigenvalue weighted by Gasteiger charge is 2.17. The molecule has 0 aliphatic rings. The maximum absolute atomic E-state index is 6.00. The Morgan fingerprint density at radius 2 is 2.04 bits per heavy atom. The van der Waals surface area contributed by atoms with Crippen molar-refractivity contribution in [3.05, 3.63) is 57.3 Å². The molecule has 0 amide bonds. The second-order valence-corrected chi connectivity index (χ2v) is 8.04. The van der Waals surface area contributed by atoms with E-state index in [1.165, 1.54) is 6.33 Å². The molecule has 3 aromatic heterocycles.